The summed E-state index contributed by atoms with van der Waals surface area (Å²) >= 11 is 0. The minimum atomic E-state index is -1.37. The van der Waals surface area contributed by atoms with Gasteiger partial charge >= 0.3 is 5.69 Å². The molecule has 0 aromatic heterocycles. The molecule has 0 aliphatic heterocycles. The Morgan fingerprint density at radius 2 is 1.83 bits per heavy atom. The van der Waals surface area contributed by atoms with Crippen LogP contribution in [-0.4, -0.2) is 16.5 Å². The third-order valence-electron chi connectivity index (χ3n) is 4.63. The quantitative estimate of drug-likeness (QED) is 0.613. The number of nitrogens with zero attached hydrogens (tertiary/aromatic N) is 1. The summed E-state index contributed by atoms with van der Waals surface area (Å²) in [7, 11) is 0. The Labute approximate surface area is 135 Å². The van der Waals surface area contributed by atoms with Crippen LogP contribution in [0.3, 0.4) is 0 Å². The van der Waals surface area contributed by atoms with Crippen LogP contribution in [0.15, 0.2) is 18.2 Å². The van der Waals surface area contributed by atoms with Gasteiger partial charge in [0.2, 0.25) is 0 Å². The van der Waals surface area contributed by atoms with Crippen LogP contribution in [0.4, 0.5) is 5.69 Å². The molecular weight excluding hydrogens is 298 g/mol. The number of benzene rings is 1. The molecule has 0 amide bonds. The van der Waals surface area contributed by atoms with Gasteiger partial charge in [0, 0.05) is 11.6 Å². The monoisotopic (exact) mass is 320 g/mol. The van der Waals surface area contributed by atoms with E-state index in [1.165, 1.54) is 24.6 Å². The molecular formula is C17H22NO5-. The zero-order chi connectivity index (χ0) is 16.9. The second kappa shape index (κ2) is 7.44. The van der Waals surface area contributed by atoms with Gasteiger partial charge in [0.1, 0.15) is 5.60 Å². The van der Waals surface area contributed by atoms with Gasteiger partial charge < -0.3 is 14.6 Å². The Bertz CT molecular complexity index is 576. The third-order valence-corrected chi connectivity index (χ3v) is 4.63. The van der Waals surface area contributed by atoms with Crippen molar-refractivity contribution in [1.29, 1.82) is 0 Å². The molecule has 0 heterocycles. The second-order valence-corrected chi connectivity index (χ2v) is 6.13. The zero-order valence-corrected chi connectivity index (χ0v) is 13.4. The van der Waals surface area contributed by atoms with Gasteiger partial charge in [0.15, 0.2) is 5.75 Å². The predicted molar refractivity (Wildman–Crippen MR) is 83.4 cm³/mol. The van der Waals surface area contributed by atoms with Crippen LogP contribution >= 0.6 is 0 Å². The fraction of sp³-hybridized carbons (Fsp3) is 0.588. The molecule has 2 rings (SSSR count). The highest BCUT2D eigenvalue weighted by molar-refractivity contribution is 5.87. The first kappa shape index (κ1) is 17.2. The molecule has 1 fully saturated rings. The molecule has 1 aromatic carbocycles. The van der Waals surface area contributed by atoms with Crippen molar-refractivity contribution in [2.24, 2.45) is 0 Å². The first-order chi connectivity index (χ1) is 11.0. The molecule has 1 aliphatic rings. The number of carbonyl (C=O) groups is 1. The lowest BCUT2D eigenvalue weighted by atomic mass is 9.85. The number of hydrogen-bond donors (Lipinski definition) is 0. The Morgan fingerprint density at radius 3 is 2.35 bits per heavy atom. The number of nitro benzene ring substituents is 1. The number of carbonyl (C=O) groups excluding carboxylic acids is 1. The second-order valence-electron chi connectivity index (χ2n) is 6.13. The van der Waals surface area contributed by atoms with Crippen LogP contribution in [0.2, 0.25) is 0 Å². The van der Waals surface area contributed by atoms with Gasteiger partial charge in [0.05, 0.1) is 10.9 Å². The van der Waals surface area contributed by atoms with Crippen molar-refractivity contribution in [2.45, 2.75) is 63.9 Å². The lowest BCUT2D eigenvalue weighted by molar-refractivity contribution is -0.386. The molecule has 0 radical (unpaired) electrons. The molecule has 0 spiro atoms. The van der Waals surface area contributed by atoms with Crippen LogP contribution in [0.25, 0.3) is 0 Å². The van der Waals surface area contributed by atoms with Crippen LogP contribution in [0, 0.1) is 10.1 Å². The Kier molecular flexibility index (Phi) is 5.58. The van der Waals surface area contributed by atoms with Crippen molar-refractivity contribution >= 4 is 11.7 Å². The summed E-state index contributed by atoms with van der Waals surface area (Å²) in [6.45, 7) is 2.01. The zero-order valence-electron chi connectivity index (χ0n) is 13.4. The van der Waals surface area contributed by atoms with Crippen LogP contribution in [-0.2, 0) is 0 Å². The first-order valence-electron chi connectivity index (χ1n) is 8.16. The lowest BCUT2D eigenvalue weighted by Crippen LogP contribution is -2.36. The molecule has 1 aromatic rings. The highest BCUT2D eigenvalue weighted by atomic mass is 16.6. The van der Waals surface area contributed by atoms with E-state index in [-0.39, 0.29) is 17.0 Å². The van der Waals surface area contributed by atoms with E-state index in [1.54, 1.807) is 0 Å². The number of carboxylic acids is 1. The van der Waals surface area contributed by atoms with E-state index in [9.17, 15) is 20.0 Å². The van der Waals surface area contributed by atoms with Gasteiger partial charge in [0.25, 0.3) is 0 Å². The molecule has 23 heavy (non-hydrogen) atoms. The predicted octanol–water partition coefficient (Wildman–Crippen LogP) is 3.23. The molecule has 0 atom stereocenters. The molecule has 6 heteroatoms. The van der Waals surface area contributed by atoms with Crippen LogP contribution < -0.4 is 9.84 Å². The van der Waals surface area contributed by atoms with E-state index >= 15 is 0 Å². The number of aromatic carboxylic acids is 1. The van der Waals surface area contributed by atoms with Crippen LogP contribution in [0.1, 0.15) is 68.6 Å². The molecule has 1 aliphatic carbocycles. The van der Waals surface area contributed by atoms with Crippen molar-refractivity contribution in [1.82, 2.24) is 0 Å². The average molecular weight is 320 g/mol. The minimum Gasteiger partial charge on any atom is -0.545 e. The largest absolute Gasteiger partial charge is 0.545 e. The van der Waals surface area contributed by atoms with E-state index in [1.807, 2.05) is 6.92 Å². The SMILES string of the molecule is CCC1(Oc2cc(C(=O)[O-])ccc2[N+](=O)[O-])CCCCCCC1. The topological polar surface area (TPSA) is 92.5 Å². The van der Waals surface area contributed by atoms with Crippen molar-refractivity contribution < 1.29 is 19.6 Å². The normalized spacial score (nSPS) is 17.8. The highest BCUT2D eigenvalue weighted by Crippen LogP contribution is 2.38. The fourth-order valence-electron chi connectivity index (χ4n) is 3.18. The van der Waals surface area contributed by atoms with E-state index in [0.717, 1.165) is 44.9 Å². The molecule has 0 unspecified atom stereocenters. The van der Waals surface area contributed by atoms with Crippen molar-refractivity contribution in [2.75, 3.05) is 0 Å². The maximum Gasteiger partial charge on any atom is 0.310 e. The highest BCUT2D eigenvalue weighted by Gasteiger charge is 2.33. The van der Waals surface area contributed by atoms with E-state index < -0.39 is 16.5 Å². The standard InChI is InChI=1S/C17H23NO5/c1-2-17(10-6-4-3-5-7-11-17)23-15-12-13(16(19)20)8-9-14(15)18(21)22/h8-9,12H,2-7,10-11H2,1H3,(H,19,20)/p-1. The number of hydrogen-bond acceptors (Lipinski definition) is 5. The Hall–Kier alpha value is -2.11. The smallest absolute Gasteiger partial charge is 0.310 e. The molecule has 0 saturated heterocycles. The van der Waals surface area contributed by atoms with Gasteiger partial charge in [-0.1, -0.05) is 26.2 Å². The van der Waals surface area contributed by atoms with E-state index in [0.29, 0.717) is 0 Å². The molecule has 6 nitrogen and oxygen atoms in total. The average Bonchev–Trinajstić information content (AvgIpc) is 2.49. The lowest BCUT2D eigenvalue weighted by Gasteiger charge is -2.35. The van der Waals surface area contributed by atoms with E-state index in [4.69, 9.17) is 4.74 Å². The summed E-state index contributed by atoms with van der Waals surface area (Å²) in [5.74, 6) is -1.34. The van der Waals surface area contributed by atoms with Gasteiger partial charge in [-0.25, -0.2) is 0 Å². The summed E-state index contributed by atoms with van der Waals surface area (Å²) in [6, 6.07) is 3.56. The summed E-state index contributed by atoms with van der Waals surface area (Å²) in [6.07, 6.45) is 7.90. The molecule has 1 saturated carbocycles. The summed E-state index contributed by atoms with van der Waals surface area (Å²) in [5.41, 5.74) is -0.775. The summed E-state index contributed by atoms with van der Waals surface area (Å²) in [4.78, 5) is 21.7. The van der Waals surface area contributed by atoms with Gasteiger partial charge in [-0.3, -0.25) is 10.1 Å². The van der Waals surface area contributed by atoms with Crippen molar-refractivity contribution in [3.8, 4) is 5.75 Å². The number of nitro groups is 1. The molecule has 0 bridgehead atoms. The fourth-order valence-corrected chi connectivity index (χ4v) is 3.18. The number of ether oxygens (including phenoxy) is 1. The maximum atomic E-state index is 11.2. The van der Waals surface area contributed by atoms with Crippen molar-refractivity contribution in [3.63, 3.8) is 0 Å². The summed E-state index contributed by atoms with van der Waals surface area (Å²) in [5, 5.41) is 22.3. The summed E-state index contributed by atoms with van der Waals surface area (Å²) < 4.78 is 6.08. The van der Waals surface area contributed by atoms with Crippen molar-refractivity contribution in [3.05, 3.63) is 33.9 Å². The minimum absolute atomic E-state index is 0.0270. The van der Waals surface area contributed by atoms with Gasteiger partial charge in [-0.15, -0.1) is 0 Å². The third kappa shape index (κ3) is 4.21. The van der Waals surface area contributed by atoms with Crippen LogP contribution in [0.5, 0.6) is 5.75 Å². The number of rotatable bonds is 5. The molecule has 126 valence electrons. The van der Waals surface area contributed by atoms with E-state index in [2.05, 4.69) is 0 Å². The number of carboxylic acid groups (broad SMARTS) is 1. The van der Waals surface area contributed by atoms with Gasteiger partial charge in [-0.05, 0) is 44.2 Å². The Morgan fingerprint density at radius 1 is 1.22 bits per heavy atom. The first-order valence-corrected chi connectivity index (χ1v) is 8.16. The molecule has 0 N–H and O–H groups in total. The van der Waals surface area contributed by atoms with Gasteiger partial charge in [-0.2, -0.15) is 0 Å². The Balaban J connectivity index is 2.35. The maximum absolute atomic E-state index is 11.2.